The molecule has 2 amide bonds. The van der Waals surface area contributed by atoms with Crippen molar-refractivity contribution in [1.29, 1.82) is 0 Å². The lowest BCUT2D eigenvalue weighted by Crippen LogP contribution is -2.47. The third kappa shape index (κ3) is 3.68. The maximum absolute atomic E-state index is 11.6. The van der Waals surface area contributed by atoms with E-state index in [1.54, 1.807) is 4.90 Å². The van der Waals surface area contributed by atoms with E-state index in [9.17, 15) is 4.79 Å². The molecule has 0 aromatic carbocycles. The Hall–Kier alpha value is -0.810. The van der Waals surface area contributed by atoms with Crippen molar-refractivity contribution >= 4 is 6.03 Å². The Kier molecular flexibility index (Phi) is 3.80. The first kappa shape index (κ1) is 10.7. The fraction of sp³-hybridized carbons (Fsp3) is 0.900. The van der Waals surface area contributed by atoms with E-state index in [0.29, 0.717) is 38.9 Å². The second-order valence-electron chi connectivity index (χ2n) is 4.06. The third-order valence-electron chi connectivity index (χ3n) is 2.71. The number of nitrogens with one attached hydrogen (secondary N) is 2. The van der Waals surface area contributed by atoms with Gasteiger partial charge in [0.15, 0.2) is 0 Å². The van der Waals surface area contributed by atoms with Gasteiger partial charge < -0.3 is 20.3 Å². The van der Waals surface area contributed by atoms with Crippen LogP contribution in [0.5, 0.6) is 0 Å². The van der Waals surface area contributed by atoms with Gasteiger partial charge in [-0.1, -0.05) is 0 Å². The van der Waals surface area contributed by atoms with Crippen molar-refractivity contribution in [2.45, 2.75) is 18.9 Å². The summed E-state index contributed by atoms with van der Waals surface area (Å²) < 4.78 is 5.18. The number of rotatable bonds is 4. The van der Waals surface area contributed by atoms with Crippen molar-refractivity contribution in [3.05, 3.63) is 0 Å². The molecule has 0 atom stereocenters. The van der Waals surface area contributed by atoms with Gasteiger partial charge in [-0.15, -0.1) is 0 Å². The van der Waals surface area contributed by atoms with Crippen molar-refractivity contribution in [2.75, 3.05) is 39.4 Å². The molecule has 0 radical (unpaired) electrons. The zero-order chi connectivity index (χ0) is 10.5. The average molecular weight is 213 g/mol. The minimum absolute atomic E-state index is 0.0379. The lowest BCUT2D eigenvalue weighted by molar-refractivity contribution is 0.0533. The van der Waals surface area contributed by atoms with Crippen molar-refractivity contribution in [2.24, 2.45) is 0 Å². The first-order valence-electron chi connectivity index (χ1n) is 5.70. The summed E-state index contributed by atoms with van der Waals surface area (Å²) >= 11 is 0. The Bertz CT molecular complexity index is 213. The minimum atomic E-state index is 0.0379. The molecule has 2 fully saturated rings. The van der Waals surface area contributed by atoms with Crippen LogP contribution in [-0.2, 0) is 4.74 Å². The maximum atomic E-state index is 11.6. The van der Waals surface area contributed by atoms with Gasteiger partial charge in [0.1, 0.15) is 0 Å². The monoisotopic (exact) mass is 213 g/mol. The summed E-state index contributed by atoms with van der Waals surface area (Å²) in [6, 6.07) is 0.751. The van der Waals surface area contributed by atoms with E-state index in [4.69, 9.17) is 4.74 Å². The van der Waals surface area contributed by atoms with Gasteiger partial charge >= 0.3 is 6.03 Å². The summed E-state index contributed by atoms with van der Waals surface area (Å²) in [5.41, 5.74) is 0. The number of carbonyl (C=O) groups is 1. The van der Waals surface area contributed by atoms with Crippen LogP contribution in [0.15, 0.2) is 0 Å². The Morgan fingerprint density at radius 3 is 2.67 bits per heavy atom. The molecule has 15 heavy (non-hydrogen) atoms. The van der Waals surface area contributed by atoms with E-state index < -0.39 is 0 Å². The molecular formula is C10H19N3O2. The molecule has 5 nitrogen and oxygen atoms in total. The van der Waals surface area contributed by atoms with Gasteiger partial charge in [-0.3, -0.25) is 0 Å². The van der Waals surface area contributed by atoms with Crippen LogP contribution in [0.4, 0.5) is 4.79 Å². The zero-order valence-corrected chi connectivity index (χ0v) is 9.00. The molecule has 0 bridgehead atoms. The molecule has 1 aliphatic heterocycles. The summed E-state index contributed by atoms with van der Waals surface area (Å²) in [4.78, 5) is 13.4. The molecule has 2 aliphatic rings. The largest absolute Gasteiger partial charge is 0.378 e. The molecule has 0 aromatic rings. The van der Waals surface area contributed by atoms with Crippen molar-refractivity contribution in [1.82, 2.24) is 15.5 Å². The van der Waals surface area contributed by atoms with Gasteiger partial charge in [-0.25, -0.2) is 4.79 Å². The van der Waals surface area contributed by atoms with E-state index in [2.05, 4.69) is 10.6 Å². The van der Waals surface area contributed by atoms with E-state index in [-0.39, 0.29) is 6.03 Å². The lowest BCUT2D eigenvalue weighted by atomic mass is 10.4. The Morgan fingerprint density at radius 2 is 2.00 bits per heavy atom. The molecule has 0 unspecified atom stereocenters. The summed E-state index contributed by atoms with van der Waals surface area (Å²) in [6.07, 6.45) is 2.58. The van der Waals surface area contributed by atoms with E-state index >= 15 is 0 Å². The van der Waals surface area contributed by atoms with E-state index in [1.165, 1.54) is 12.8 Å². The number of amides is 2. The van der Waals surface area contributed by atoms with Crippen molar-refractivity contribution in [3.8, 4) is 0 Å². The van der Waals surface area contributed by atoms with Gasteiger partial charge in [0.2, 0.25) is 0 Å². The standard InChI is InChI=1S/C10H19N3O2/c14-10(13-5-7-15-8-6-13)12-4-3-11-9-1-2-9/h9,11H,1-8H2,(H,12,14). The fourth-order valence-corrected chi connectivity index (χ4v) is 1.61. The fourth-order valence-electron chi connectivity index (χ4n) is 1.61. The first-order valence-corrected chi connectivity index (χ1v) is 5.70. The Balaban J connectivity index is 1.54. The molecule has 2 N–H and O–H groups in total. The lowest BCUT2D eigenvalue weighted by Gasteiger charge is -2.26. The van der Waals surface area contributed by atoms with Crippen LogP contribution < -0.4 is 10.6 Å². The molecule has 0 aromatic heterocycles. The zero-order valence-electron chi connectivity index (χ0n) is 9.00. The van der Waals surface area contributed by atoms with Crippen molar-refractivity contribution in [3.63, 3.8) is 0 Å². The summed E-state index contributed by atoms with van der Waals surface area (Å²) in [6.45, 7) is 4.33. The molecule has 1 saturated carbocycles. The van der Waals surface area contributed by atoms with Crippen LogP contribution in [0.1, 0.15) is 12.8 Å². The Morgan fingerprint density at radius 1 is 1.27 bits per heavy atom. The van der Waals surface area contributed by atoms with Gasteiger partial charge in [0.25, 0.3) is 0 Å². The summed E-state index contributed by atoms with van der Waals surface area (Å²) in [5.74, 6) is 0. The highest BCUT2D eigenvalue weighted by Gasteiger charge is 2.20. The smallest absolute Gasteiger partial charge is 0.317 e. The van der Waals surface area contributed by atoms with Crippen LogP contribution in [-0.4, -0.2) is 56.4 Å². The topological polar surface area (TPSA) is 53.6 Å². The number of hydrogen-bond acceptors (Lipinski definition) is 3. The molecule has 1 aliphatic carbocycles. The number of hydrogen-bond donors (Lipinski definition) is 2. The van der Waals surface area contributed by atoms with Crippen LogP contribution in [0.2, 0.25) is 0 Å². The normalized spacial score (nSPS) is 21.5. The highest BCUT2D eigenvalue weighted by Crippen LogP contribution is 2.17. The maximum Gasteiger partial charge on any atom is 0.317 e. The average Bonchev–Trinajstić information content (AvgIpc) is 3.09. The predicted molar refractivity (Wildman–Crippen MR) is 56.8 cm³/mol. The highest BCUT2D eigenvalue weighted by atomic mass is 16.5. The van der Waals surface area contributed by atoms with Gasteiger partial charge in [-0.05, 0) is 12.8 Å². The molecule has 86 valence electrons. The second-order valence-corrected chi connectivity index (χ2v) is 4.06. The molecule has 2 rings (SSSR count). The molecule has 5 heteroatoms. The molecular weight excluding hydrogens is 194 g/mol. The second kappa shape index (κ2) is 5.32. The third-order valence-corrected chi connectivity index (χ3v) is 2.71. The number of carbonyl (C=O) groups excluding carboxylic acids is 1. The predicted octanol–water partition coefficient (Wildman–Crippen LogP) is -0.220. The van der Waals surface area contributed by atoms with Gasteiger partial charge in [-0.2, -0.15) is 0 Å². The Labute approximate surface area is 90.1 Å². The minimum Gasteiger partial charge on any atom is -0.378 e. The molecule has 1 saturated heterocycles. The summed E-state index contributed by atoms with van der Waals surface area (Å²) in [5, 5.41) is 6.26. The van der Waals surface area contributed by atoms with Gasteiger partial charge in [0.05, 0.1) is 13.2 Å². The first-order chi connectivity index (χ1) is 7.36. The number of morpholine rings is 1. The SMILES string of the molecule is O=C(NCCNC1CC1)N1CCOCC1. The quantitative estimate of drug-likeness (QED) is 0.635. The van der Waals surface area contributed by atoms with Crippen molar-refractivity contribution < 1.29 is 9.53 Å². The van der Waals surface area contributed by atoms with Crippen LogP contribution in [0.3, 0.4) is 0 Å². The number of urea groups is 1. The van der Waals surface area contributed by atoms with Crippen LogP contribution in [0, 0.1) is 0 Å². The molecule has 0 spiro atoms. The van der Waals surface area contributed by atoms with E-state index in [0.717, 1.165) is 6.54 Å². The van der Waals surface area contributed by atoms with E-state index in [1.807, 2.05) is 0 Å². The van der Waals surface area contributed by atoms with Crippen LogP contribution >= 0.6 is 0 Å². The number of ether oxygens (including phenoxy) is 1. The highest BCUT2D eigenvalue weighted by molar-refractivity contribution is 5.74. The summed E-state index contributed by atoms with van der Waals surface area (Å²) in [7, 11) is 0. The van der Waals surface area contributed by atoms with Gasteiger partial charge in [0, 0.05) is 32.2 Å². The molecule has 1 heterocycles. The van der Waals surface area contributed by atoms with Crippen LogP contribution in [0.25, 0.3) is 0 Å². The number of nitrogens with zero attached hydrogens (tertiary/aromatic N) is 1.